The van der Waals surface area contributed by atoms with Crippen LogP contribution in [-0.2, 0) is 9.47 Å². The van der Waals surface area contributed by atoms with E-state index in [9.17, 15) is 0 Å². The van der Waals surface area contributed by atoms with Crippen LogP contribution in [0.3, 0.4) is 0 Å². The maximum absolute atomic E-state index is 6.09. The van der Waals surface area contributed by atoms with E-state index in [2.05, 4.69) is 33.0 Å². The third kappa shape index (κ3) is 3.43. The van der Waals surface area contributed by atoms with Gasteiger partial charge in [-0.1, -0.05) is 0 Å². The summed E-state index contributed by atoms with van der Waals surface area (Å²) in [7, 11) is 0. The summed E-state index contributed by atoms with van der Waals surface area (Å²) < 4.78 is 11.8. The van der Waals surface area contributed by atoms with Crippen LogP contribution in [0.1, 0.15) is 53.4 Å². The number of nitrogens with one attached hydrogen (secondary N) is 1. The van der Waals surface area contributed by atoms with Crippen molar-refractivity contribution >= 4 is 0 Å². The molecular weight excluding hydrogens is 214 g/mol. The van der Waals surface area contributed by atoms with Gasteiger partial charge in [-0.2, -0.15) is 0 Å². The largest absolute Gasteiger partial charge is 0.377 e. The Hall–Kier alpha value is -0.120. The number of hydrogen-bond donors (Lipinski definition) is 1. The van der Waals surface area contributed by atoms with Gasteiger partial charge in [0.25, 0.3) is 0 Å². The van der Waals surface area contributed by atoms with E-state index >= 15 is 0 Å². The van der Waals surface area contributed by atoms with Gasteiger partial charge in [-0.3, -0.25) is 0 Å². The summed E-state index contributed by atoms with van der Waals surface area (Å²) in [5, 5.41) is 3.65. The highest BCUT2D eigenvalue weighted by Gasteiger charge is 2.45. The van der Waals surface area contributed by atoms with Crippen LogP contribution >= 0.6 is 0 Å². The smallest absolute Gasteiger partial charge is 0.0787 e. The van der Waals surface area contributed by atoms with E-state index < -0.39 is 0 Å². The molecule has 3 heteroatoms. The van der Waals surface area contributed by atoms with Crippen LogP contribution in [0.2, 0.25) is 0 Å². The Morgan fingerprint density at radius 1 is 1.18 bits per heavy atom. The van der Waals surface area contributed by atoms with E-state index in [0.29, 0.717) is 12.1 Å². The summed E-state index contributed by atoms with van der Waals surface area (Å²) in [5.41, 5.74) is -0.0766. The molecule has 2 unspecified atom stereocenters. The second-order valence-electron chi connectivity index (χ2n) is 6.62. The Balaban J connectivity index is 1.82. The Morgan fingerprint density at radius 2 is 1.94 bits per heavy atom. The van der Waals surface area contributed by atoms with E-state index in [-0.39, 0.29) is 11.2 Å². The van der Waals surface area contributed by atoms with Crippen LogP contribution in [0, 0.1) is 0 Å². The summed E-state index contributed by atoms with van der Waals surface area (Å²) >= 11 is 0. The number of hydrogen-bond acceptors (Lipinski definition) is 3. The molecule has 2 atom stereocenters. The fourth-order valence-electron chi connectivity index (χ4n) is 3.12. The molecule has 2 aliphatic heterocycles. The summed E-state index contributed by atoms with van der Waals surface area (Å²) in [5.74, 6) is 0. The van der Waals surface area contributed by atoms with Gasteiger partial charge in [-0.15, -0.1) is 0 Å². The van der Waals surface area contributed by atoms with Crippen LogP contribution in [0.25, 0.3) is 0 Å². The molecular formula is C14H27NO2. The first-order valence-corrected chi connectivity index (χ1v) is 6.94. The molecule has 0 amide bonds. The van der Waals surface area contributed by atoms with Gasteiger partial charge in [0.05, 0.1) is 17.3 Å². The Morgan fingerprint density at radius 3 is 2.47 bits per heavy atom. The van der Waals surface area contributed by atoms with Crippen molar-refractivity contribution in [1.29, 1.82) is 0 Å². The van der Waals surface area contributed by atoms with Crippen LogP contribution < -0.4 is 5.32 Å². The monoisotopic (exact) mass is 241 g/mol. The summed E-state index contributed by atoms with van der Waals surface area (Å²) in [6, 6.07) is 0.433. The topological polar surface area (TPSA) is 30.5 Å². The molecule has 100 valence electrons. The lowest BCUT2D eigenvalue weighted by molar-refractivity contribution is -0.0709. The average molecular weight is 241 g/mol. The molecule has 2 heterocycles. The van der Waals surface area contributed by atoms with Crippen molar-refractivity contribution < 1.29 is 9.47 Å². The molecule has 0 aromatic carbocycles. The molecule has 0 spiro atoms. The standard InChI is InChI=1S/C14H27NO2/c1-13(2)9-12(14(3,4)17-13)15-10-11-7-5-6-8-16-11/h11-12,15H,5-10H2,1-4H3. The quantitative estimate of drug-likeness (QED) is 0.823. The molecule has 0 aromatic heterocycles. The van der Waals surface area contributed by atoms with Gasteiger partial charge in [-0.25, -0.2) is 0 Å². The van der Waals surface area contributed by atoms with Gasteiger partial charge in [0.1, 0.15) is 0 Å². The van der Waals surface area contributed by atoms with E-state index in [1.807, 2.05) is 0 Å². The molecule has 0 saturated carbocycles. The minimum atomic E-state index is -0.0713. The van der Waals surface area contributed by atoms with Crippen molar-refractivity contribution in [2.45, 2.75) is 76.7 Å². The summed E-state index contributed by atoms with van der Waals surface area (Å²) in [6.45, 7) is 10.6. The third-order valence-electron chi connectivity index (χ3n) is 3.94. The van der Waals surface area contributed by atoms with Crippen molar-refractivity contribution in [1.82, 2.24) is 5.32 Å². The zero-order valence-corrected chi connectivity index (χ0v) is 11.7. The molecule has 3 nitrogen and oxygen atoms in total. The lowest BCUT2D eigenvalue weighted by Crippen LogP contribution is -2.46. The van der Waals surface area contributed by atoms with Crippen molar-refractivity contribution in [2.75, 3.05) is 13.2 Å². The van der Waals surface area contributed by atoms with E-state index in [0.717, 1.165) is 19.6 Å². The SMILES string of the molecule is CC1(C)CC(NCC2CCCCO2)C(C)(C)O1. The van der Waals surface area contributed by atoms with Crippen molar-refractivity contribution in [2.24, 2.45) is 0 Å². The van der Waals surface area contributed by atoms with Gasteiger partial charge >= 0.3 is 0 Å². The minimum Gasteiger partial charge on any atom is -0.377 e. The molecule has 2 aliphatic rings. The molecule has 2 rings (SSSR count). The normalized spacial score (nSPS) is 36.0. The van der Waals surface area contributed by atoms with Gasteiger partial charge in [0, 0.05) is 19.2 Å². The Bertz CT molecular complexity index is 257. The van der Waals surface area contributed by atoms with Gasteiger partial charge < -0.3 is 14.8 Å². The number of rotatable bonds is 3. The summed E-state index contributed by atoms with van der Waals surface area (Å²) in [4.78, 5) is 0. The molecule has 2 saturated heterocycles. The van der Waals surface area contributed by atoms with Crippen molar-refractivity contribution in [3.05, 3.63) is 0 Å². The van der Waals surface area contributed by atoms with E-state index in [1.165, 1.54) is 19.3 Å². The minimum absolute atomic E-state index is 0.00537. The zero-order valence-electron chi connectivity index (χ0n) is 11.7. The predicted octanol–water partition coefficient (Wildman–Crippen LogP) is 2.49. The predicted molar refractivity (Wildman–Crippen MR) is 69.2 cm³/mol. The molecule has 17 heavy (non-hydrogen) atoms. The van der Waals surface area contributed by atoms with Gasteiger partial charge in [0.2, 0.25) is 0 Å². The van der Waals surface area contributed by atoms with Crippen LogP contribution in [0.5, 0.6) is 0 Å². The van der Waals surface area contributed by atoms with Crippen LogP contribution in [0.4, 0.5) is 0 Å². The lowest BCUT2D eigenvalue weighted by Gasteiger charge is -2.30. The zero-order chi connectivity index (χ0) is 12.5. The maximum Gasteiger partial charge on any atom is 0.0787 e. The molecule has 2 fully saturated rings. The number of ether oxygens (including phenoxy) is 2. The summed E-state index contributed by atoms with van der Waals surface area (Å²) in [6.07, 6.45) is 5.21. The molecule has 0 bridgehead atoms. The average Bonchev–Trinajstić information content (AvgIpc) is 2.45. The lowest BCUT2D eigenvalue weighted by atomic mass is 9.94. The molecule has 0 aliphatic carbocycles. The van der Waals surface area contributed by atoms with Gasteiger partial charge in [0.15, 0.2) is 0 Å². The molecule has 1 N–H and O–H groups in total. The second-order valence-corrected chi connectivity index (χ2v) is 6.62. The van der Waals surface area contributed by atoms with Crippen molar-refractivity contribution in [3.8, 4) is 0 Å². The van der Waals surface area contributed by atoms with Crippen LogP contribution in [0.15, 0.2) is 0 Å². The molecule has 0 radical (unpaired) electrons. The first kappa shape index (κ1) is 13.3. The second kappa shape index (κ2) is 4.87. The fourth-order valence-corrected chi connectivity index (χ4v) is 3.12. The highest BCUT2D eigenvalue weighted by molar-refractivity contribution is 4.99. The molecule has 0 aromatic rings. The maximum atomic E-state index is 6.09. The highest BCUT2D eigenvalue weighted by atomic mass is 16.5. The Labute approximate surface area is 105 Å². The van der Waals surface area contributed by atoms with Crippen molar-refractivity contribution in [3.63, 3.8) is 0 Å². The first-order valence-electron chi connectivity index (χ1n) is 6.94. The van der Waals surface area contributed by atoms with Gasteiger partial charge in [-0.05, 0) is 53.4 Å². The third-order valence-corrected chi connectivity index (χ3v) is 3.94. The van der Waals surface area contributed by atoms with E-state index in [1.54, 1.807) is 0 Å². The van der Waals surface area contributed by atoms with E-state index in [4.69, 9.17) is 9.47 Å². The highest BCUT2D eigenvalue weighted by Crippen LogP contribution is 2.37. The van der Waals surface area contributed by atoms with Crippen LogP contribution in [-0.4, -0.2) is 36.5 Å². The Kier molecular flexibility index (Phi) is 3.81. The fraction of sp³-hybridized carbons (Fsp3) is 1.00. The first-order chi connectivity index (χ1) is 7.89.